The zero-order valence-electron chi connectivity index (χ0n) is 11.0. The van der Waals surface area contributed by atoms with Crippen LogP contribution in [0.1, 0.15) is 5.56 Å². The second-order valence-corrected chi connectivity index (χ2v) is 3.94. The first kappa shape index (κ1) is 15.0. The Hall–Kier alpha value is -2.08. The van der Waals surface area contributed by atoms with Gasteiger partial charge in [-0.05, 0) is 24.1 Å². The molecule has 0 aromatic heterocycles. The fourth-order valence-electron chi connectivity index (χ4n) is 1.43. The lowest BCUT2D eigenvalue weighted by molar-refractivity contribution is -0.142. The van der Waals surface area contributed by atoms with Crippen LogP contribution in [-0.2, 0) is 20.7 Å². The number of esters is 1. The number of methoxy groups -OCH3 is 1. The van der Waals surface area contributed by atoms with Crippen LogP contribution in [0.4, 0.5) is 0 Å². The number of likely N-dealkylation sites (N-methyl/N-ethyl adjacent to an activating group) is 1. The Balaban J connectivity index is 2.52. The van der Waals surface area contributed by atoms with E-state index in [0.29, 0.717) is 12.2 Å². The molecule has 1 aromatic rings. The summed E-state index contributed by atoms with van der Waals surface area (Å²) in [5.41, 5.74) is 6.55. The summed E-state index contributed by atoms with van der Waals surface area (Å²) in [6.45, 7) is -0.0302. The van der Waals surface area contributed by atoms with Crippen molar-refractivity contribution in [2.75, 3.05) is 20.8 Å². The number of ether oxygens (including phenoxy) is 2. The third kappa shape index (κ3) is 4.97. The van der Waals surface area contributed by atoms with Crippen LogP contribution in [-0.4, -0.2) is 38.7 Å². The number of carbonyl (C=O) groups is 2. The number of hydrogen-bond donors (Lipinski definition) is 2. The molecule has 0 aliphatic heterocycles. The van der Waals surface area contributed by atoms with E-state index in [1.54, 1.807) is 31.3 Å². The molecule has 0 bridgehead atoms. The molecular weight excluding hydrogens is 248 g/mol. The van der Waals surface area contributed by atoms with Crippen LogP contribution in [0.3, 0.4) is 0 Å². The van der Waals surface area contributed by atoms with Gasteiger partial charge >= 0.3 is 5.97 Å². The van der Waals surface area contributed by atoms with Gasteiger partial charge in [0.1, 0.15) is 11.8 Å². The van der Waals surface area contributed by atoms with Crippen molar-refractivity contribution < 1.29 is 19.1 Å². The Labute approximate surface area is 111 Å². The van der Waals surface area contributed by atoms with E-state index in [9.17, 15) is 9.59 Å². The molecular formula is C13H18N2O4. The minimum absolute atomic E-state index is 0.0302. The molecule has 0 aliphatic carbocycles. The lowest BCUT2D eigenvalue weighted by atomic mass is 10.1. The summed E-state index contributed by atoms with van der Waals surface area (Å²) < 4.78 is 9.80. The molecule has 1 amide bonds. The highest BCUT2D eigenvalue weighted by atomic mass is 16.5. The quantitative estimate of drug-likeness (QED) is 0.699. The molecule has 1 atom stereocenters. The minimum Gasteiger partial charge on any atom is -0.484 e. The van der Waals surface area contributed by atoms with Gasteiger partial charge in [0.2, 0.25) is 0 Å². The average Bonchev–Trinajstić information content (AvgIpc) is 2.45. The molecule has 0 aliphatic rings. The van der Waals surface area contributed by atoms with Gasteiger partial charge in [-0.1, -0.05) is 12.1 Å². The normalized spacial score (nSPS) is 11.5. The highest BCUT2D eigenvalue weighted by molar-refractivity contribution is 5.77. The molecule has 6 heteroatoms. The van der Waals surface area contributed by atoms with Crippen molar-refractivity contribution in [1.29, 1.82) is 0 Å². The molecule has 6 nitrogen and oxygen atoms in total. The van der Waals surface area contributed by atoms with Gasteiger partial charge in [0.15, 0.2) is 6.61 Å². The zero-order valence-corrected chi connectivity index (χ0v) is 11.0. The standard InChI is InChI=1S/C13H18N2O4/c1-15-12(16)8-19-10-5-3-9(4-6-10)7-11(14)13(17)18-2/h3-6,11H,7-8,14H2,1-2H3,(H,15,16). The van der Waals surface area contributed by atoms with Gasteiger partial charge in [0.25, 0.3) is 5.91 Å². The van der Waals surface area contributed by atoms with Crippen molar-refractivity contribution >= 4 is 11.9 Å². The van der Waals surface area contributed by atoms with Gasteiger partial charge in [-0.2, -0.15) is 0 Å². The Kier molecular flexibility index (Phi) is 5.81. The molecule has 0 spiro atoms. The first-order chi connectivity index (χ1) is 9.06. The average molecular weight is 266 g/mol. The SMILES string of the molecule is CNC(=O)COc1ccc(CC(N)C(=O)OC)cc1. The Morgan fingerprint density at radius 1 is 1.32 bits per heavy atom. The van der Waals surface area contributed by atoms with Gasteiger partial charge in [-0.3, -0.25) is 9.59 Å². The summed E-state index contributed by atoms with van der Waals surface area (Å²) in [6, 6.07) is 6.36. The summed E-state index contributed by atoms with van der Waals surface area (Å²) in [7, 11) is 2.85. The number of rotatable bonds is 6. The Bertz CT molecular complexity index is 431. The summed E-state index contributed by atoms with van der Waals surface area (Å²) in [5.74, 6) is -0.0595. The maximum Gasteiger partial charge on any atom is 0.322 e. The molecule has 19 heavy (non-hydrogen) atoms. The van der Waals surface area contributed by atoms with Gasteiger partial charge in [0.05, 0.1) is 7.11 Å². The molecule has 0 saturated heterocycles. The van der Waals surface area contributed by atoms with Crippen LogP contribution in [0.5, 0.6) is 5.75 Å². The smallest absolute Gasteiger partial charge is 0.322 e. The van der Waals surface area contributed by atoms with E-state index in [-0.39, 0.29) is 12.5 Å². The summed E-state index contributed by atoms with van der Waals surface area (Å²) in [5, 5.41) is 2.46. The van der Waals surface area contributed by atoms with Gasteiger partial charge in [0, 0.05) is 7.05 Å². The Morgan fingerprint density at radius 3 is 2.47 bits per heavy atom. The number of nitrogens with two attached hydrogens (primary N) is 1. The van der Waals surface area contributed by atoms with Crippen molar-refractivity contribution in [3.63, 3.8) is 0 Å². The lowest BCUT2D eigenvalue weighted by Gasteiger charge is -2.10. The first-order valence-electron chi connectivity index (χ1n) is 5.82. The molecule has 3 N–H and O–H groups in total. The second-order valence-electron chi connectivity index (χ2n) is 3.94. The van der Waals surface area contributed by atoms with E-state index >= 15 is 0 Å². The topological polar surface area (TPSA) is 90.6 Å². The van der Waals surface area contributed by atoms with E-state index in [0.717, 1.165) is 5.56 Å². The van der Waals surface area contributed by atoms with Crippen LogP contribution < -0.4 is 15.8 Å². The van der Waals surface area contributed by atoms with Gasteiger partial charge < -0.3 is 20.5 Å². The molecule has 1 aromatic carbocycles. The lowest BCUT2D eigenvalue weighted by Crippen LogP contribution is -2.33. The van der Waals surface area contributed by atoms with Crippen molar-refractivity contribution in [2.24, 2.45) is 5.73 Å². The number of amides is 1. The van der Waals surface area contributed by atoms with E-state index in [2.05, 4.69) is 10.1 Å². The van der Waals surface area contributed by atoms with Crippen LogP contribution in [0.2, 0.25) is 0 Å². The molecule has 0 fully saturated rings. The fourth-order valence-corrected chi connectivity index (χ4v) is 1.43. The molecule has 104 valence electrons. The number of carbonyl (C=O) groups excluding carboxylic acids is 2. The van der Waals surface area contributed by atoms with Crippen molar-refractivity contribution in [3.05, 3.63) is 29.8 Å². The molecule has 0 radical (unpaired) electrons. The van der Waals surface area contributed by atoms with Crippen LogP contribution in [0.25, 0.3) is 0 Å². The van der Waals surface area contributed by atoms with E-state index in [1.807, 2.05) is 0 Å². The van der Waals surface area contributed by atoms with E-state index in [4.69, 9.17) is 10.5 Å². The summed E-state index contributed by atoms with van der Waals surface area (Å²) in [4.78, 5) is 22.2. The van der Waals surface area contributed by atoms with Crippen molar-refractivity contribution in [2.45, 2.75) is 12.5 Å². The molecule has 0 saturated carbocycles. The molecule has 1 rings (SSSR count). The Morgan fingerprint density at radius 2 is 1.95 bits per heavy atom. The predicted octanol–water partition coefficient (Wildman–Crippen LogP) is -0.146. The third-order valence-electron chi connectivity index (χ3n) is 2.53. The predicted molar refractivity (Wildman–Crippen MR) is 69.7 cm³/mol. The molecule has 1 unspecified atom stereocenters. The molecule has 0 heterocycles. The third-order valence-corrected chi connectivity index (χ3v) is 2.53. The summed E-state index contributed by atoms with van der Waals surface area (Å²) in [6.07, 6.45) is 0.391. The van der Waals surface area contributed by atoms with Gasteiger partial charge in [-0.25, -0.2) is 0 Å². The van der Waals surface area contributed by atoms with Crippen molar-refractivity contribution in [1.82, 2.24) is 5.32 Å². The summed E-state index contributed by atoms with van der Waals surface area (Å²) >= 11 is 0. The highest BCUT2D eigenvalue weighted by Gasteiger charge is 2.14. The van der Waals surface area contributed by atoms with E-state index in [1.165, 1.54) is 7.11 Å². The number of nitrogens with one attached hydrogen (secondary N) is 1. The van der Waals surface area contributed by atoms with E-state index < -0.39 is 12.0 Å². The largest absolute Gasteiger partial charge is 0.484 e. The van der Waals surface area contributed by atoms with Crippen LogP contribution in [0, 0.1) is 0 Å². The number of benzene rings is 1. The van der Waals surface area contributed by atoms with Crippen LogP contribution >= 0.6 is 0 Å². The minimum atomic E-state index is -0.678. The first-order valence-corrected chi connectivity index (χ1v) is 5.82. The zero-order chi connectivity index (χ0) is 14.3. The number of hydrogen-bond acceptors (Lipinski definition) is 5. The maximum atomic E-state index is 11.2. The highest BCUT2D eigenvalue weighted by Crippen LogP contribution is 2.13. The monoisotopic (exact) mass is 266 g/mol. The van der Waals surface area contributed by atoms with Crippen LogP contribution in [0.15, 0.2) is 24.3 Å². The fraction of sp³-hybridized carbons (Fsp3) is 0.385. The van der Waals surface area contributed by atoms with Gasteiger partial charge in [-0.15, -0.1) is 0 Å². The maximum absolute atomic E-state index is 11.2. The van der Waals surface area contributed by atoms with Crippen molar-refractivity contribution in [3.8, 4) is 5.75 Å². The second kappa shape index (κ2) is 7.38.